The fourth-order valence-electron chi connectivity index (χ4n) is 3.90. The molecule has 0 aromatic rings. The van der Waals surface area contributed by atoms with E-state index in [2.05, 4.69) is 19.2 Å². The van der Waals surface area contributed by atoms with E-state index in [9.17, 15) is 4.79 Å². The number of nitrogens with zero attached hydrogens (tertiary/aromatic N) is 1. The van der Waals surface area contributed by atoms with Crippen LogP contribution in [0.3, 0.4) is 0 Å². The molecule has 0 bridgehead atoms. The Morgan fingerprint density at radius 2 is 1.85 bits per heavy atom. The van der Waals surface area contributed by atoms with Crippen molar-refractivity contribution in [1.82, 2.24) is 10.2 Å². The van der Waals surface area contributed by atoms with Gasteiger partial charge in [0.15, 0.2) is 0 Å². The molecule has 0 unspecified atom stereocenters. The number of urea groups is 1. The molecule has 0 radical (unpaired) electrons. The first kappa shape index (κ1) is 15.6. The van der Waals surface area contributed by atoms with E-state index in [1.165, 1.54) is 25.7 Å². The SMILES string of the molecule is CCN(C(=O)NC1CCCC1)C1(CN)CCC(C)CC1. The van der Waals surface area contributed by atoms with Crippen LogP contribution in [0.4, 0.5) is 4.79 Å². The van der Waals surface area contributed by atoms with Crippen LogP contribution in [0, 0.1) is 5.92 Å². The highest BCUT2D eigenvalue weighted by atomic mass is 16.2. The molecule has 20 heavy (non-hydrogen) atoms. The second-order valence-electron chi connectivity index (χ2n) is 6.79. The van der Waals surface area contributed by atoms with Gasteiger partial charge in [0.1, 0.15) is 0 Å². The van der Waals surface area contributed by atoms with Crippen molar-refractivity contribution in [3.05, 3.63) is 0 Å². The van der Waals surface area contributed by atoms with Gasteiger partial charge in [-0.05, 0) is 51.4 Å². The van der Waals surface area contributed by atoms with Crippen LogP contribution in [0.15, 0.2) is 0 Å². The van der Waals surface area contributed by atoms with Gasteiger partial charge in [-0.3, -0.25) is 0 Å². The Kier molecular flexibility index (Phi) is 5.30. The number of carbonyl (C=O) groups is 1. The highest BCUT2D eigenvalue weighted by molar-refractivity contribution is 5.75. The van der Waals surface area contributed by atoms with Gasteiger partial charge in [-0.15, -0.1) is 0 Å². The lowest BCUT2D eigenvalue weighted by Gasteiger charge is -2.47. The van der Waals surface area contributed by atoms with Crippen molar-refractivity contribution in [3.8, 4) is 0 Å². The number of hydrogen-bond donors (Lipinski definition) is 2. The van der Waals surface area contributed by atoms with Crippen LogP contribution in [-0.2, 0) is 0 Å². The van der Waals surface area contributed by atoms with E-state index < -0.39 is 0 Å². The fraction of sp³-hybridized carbons (Fsp3) is 0.938. The second kappa shape index (κ2) is 6.79. The van der Waals surface area contributed by atoms with Crippen LogP contribution in [0.5, 0.6) is 0 Å². The smallest absolute Gasteiger partial charge is 0.318 e. The quantitative estimate of drug-likeness (QED) is 0.832. The first-order valence-electron chi connectivity index (χ1n) is 8.39. The molecule has 4 nitrogen and oxygen atoms in total. The summed E-state index contributed by atoms with van der Waals surface area (Å²) in [4.78, 5) is 14.7. The second-order valence-corrected chi connectivity index (χ2v) is 6.79. The predicted octanol–water partition coefficient (Wildman–Crippen LogP) is 2.87. The Hall–Kier alpha value is -0.770. The van der Waals surface area contributed by atoms with Gasteiger partial charge in [-0.1, -0.05) is 19.8 Å². The normalized spacial score (nSPS) is 31.2. The first-order valence-corrected chi connectivity index (χ1v) is 8.39. The Bertz CT molecular complexity index is 318. The number of rotatable bonds is 4. The van der Waals surface area contributed by atoms with Gasteiger partial charge in [-0.25, -0.2) is 4.79 Å². The molecule has 2 aliphatic rings. The van der Waals surface area contributed by atoms with E-state index >= 15 is 0 Å². The molecule has 2 fully saturated rings. The largest absolute Gasteiger partial charge is 0.335 e. The Labute approximate surface area is 123 Å². The summed E-state index contributed by atoms with van der Waals surface area (Å²) in [7, 11) is 0. The molecule has 2 rings (SSSR count). The molecule has 0 aromatic heterocycles. The molecule has 0 heterocycles. The lowest BCUT2D eigenvalue weighted by molar-refractivity contribution is 0.0735. The summed E-state index contributed by atoms with van der Waals surface area (Å²) in [6.45, 7) is 5.72. The van der Waals surface area contributed by atoms with Crippen molar-refractivity contribution in [2.75, 3.05) is 13.1 Å². The van der Waals surface area contributed by atoms with Crippen molar-refractivity contribution in [3.63, 3.8) is 0 Å². The monoisotopic (exact) mass is 281 g/mol. The highest BCUT2D eigenvalue weighted by Crippen LogP contribution is 2.36. The summed E-state index contributed by atoms with van der Waals surface area (Å²) in [6, 6.07) is 0.494. The minimum Gasteiger partial charge on any atom is -0.335 e. The van der Waals surface area contributed by atoms with Gasteiger partial charge in [0.05, 0.1) is 5.54 Å². The Balaban J connectivity index is 2.02. The summed E-state index contributed by atoms with van der Waals surface area (Å²) in [5, 5.41) is 3.23. The van der Waals surface area contributed by atoms with Crippen LogP contribution in [-0.4, -0.2) is 35.6 Å². The molecular weight excluding hydrogens is 250 g/mol. The molecule has 0 aromatic carbocycles. The lowest BCUT2D eigenvalue weighted by Crippen LogP contribution is -2.60. The summed E-state index contributed by atoms with van der Waals surface area (Å²) in [5.41, 5.74) is 5.98. The average molecular weight is 281 g/mol. The Morgan fingerprint density at radius 3 is 2.35 bits per heavy atom. The molecule has 4 heteroatoms. The number of hydrogen-bond acceptors (Lipinski definition) is 2. The van der Waals surface area contributed by atoms with E-state index in [0.29, 0.717) is 12.6 Å². The molecular formula is C16H31N3O. The number of nitrogens with two attached hydrogens (primary N) is 1. The first-order chi connectivity index (χ1) is 9.61. The molecule has 2 aliphatic carbocycles. The lowest BCUT2D eigenvalue weighted by atomic mass is 9.76. The molecule has 0 aliphatic heterocycles. The summed E-state index contributed by atoms with van der Waals surface area (Å²) < 4.78 is 0. The highest BCUT2D eigenvalue weighted by Gasteiger charge is 2.40. The van der Waals surface area contributed by atoms with Gasteiger partial charge >= 0.3 is 6.03 Å². The Morgan fingerprint density at radius 1 is 1.25 bits per heavy atom. The zero-order chi connectivity index (χ0) is 14.6. The van der Waals surface area contributed by atoms with Crippen molar-refractivity contribution in [1.29, 1.82) is 0 Å². The van der Waals surface area contributed by atoms with Crippen molar-refractivity contribution >= 4 is 6.03 Å². The standard InChI is InChI=1S/C16H31N3O/c1-3-19(15(20)18-14-6-4-5-7-14)16(12-17)10-8-13(2)9-11-16/h13-14H,3-12,17H2,1-2H3,(H,18,20). The number of amides is 2. The third-order valence-corrected chi connectivity index (χ3v) is 5.40. The maximum atomic E-state index is 12.6. The zero-order valence-electron chi connectivity index (χ0n) is 13.2. The van der Waals surface area contributed by atoms with E-state index in [0.717, 1.165) is 38.1 Å². The van der Waals surface area contributed by atoms with Crippen LogP contribution in [0.2, 0.25) is 0 Å². The van der Waals surface area contributed by atoms with Gasteiger partial charge in [0, 0.05) is 19.1 Å². The third kappa shape index (κ3) is 3.27. The van der Waals surface area contributed by atoms with Crippen LogP contribution in [0.1, 0.15) is 65.2 Å². The van der Waals surface area contributed by atoms with Crippen LogP contribution < -0.4 is 11.1 Å². The topological polar surface area (TPSA) is 58.4 Å². The molecule has 3 N–H and O–H groups in total. The third-order valence-electron chi connectivity index (χ3n) is 5.40. The fourth-order valence-corrected chi connectivity index (χ4v) is 3.90. The minimum atomic E-state index is -0.107. The van der Waals surface area contributed by atoms with E-state index in [1.54, 1.807) is 0 Å². The van der Waals surface area contributed by atoms with E-state index in [1.807, 2.05) is 4.90 Å². The molecule has 2 amide bonds. The maximum absolute atomic E-state index is 12.6. The predicted molar refractivity (Wildman–Crippen MR) is 82.6 cm³/mol. The summed E-state index contributed by atoms with van der Waals surface area (Å²) in [5.74, 6) is 0.770. The minimum absolute atomic E-state index is 0.107. The molecule has 116 valence electrons. The number of likely N-dealkylation sites (N-methyl/N-ethyl adjacent to an activating group) is 1. The van der Waals surface area contributed by atoms with E-state index in [4.69, 9.17) is 5.73 Å². The average Bonchev–Trinajstić information content (AvgIpc) is 2.95. The molecule has 0 saturated heterocycles. The van der Waals surface area contributed by atoms with Crippen molar-refractivity contribution in [2.24, 2.45) is 11.7 Å². The van der Waals surface area contributed by atoms with Gasteiger partial charge in [0.2, 0.25) is 0 Å². The number of nitrogens with one attached hydrogen (secondary N) is 1. The zero-order valence-corrected chi connectivity index (χ0v) is 13.2. The van der Waals surface area contributed by atoms with Crippen LogP contribution >= 0.6 is 0 Å². The molecule has 0 spiro atoms. The van der Waals surface area contributed by atoms with Crippen molar-refractivity contribution < 1.29 is 4.79 Å². The van der Waals surface area contributed by atoms with Gasteiger partial charge < -0.3 is 16.0 Å². The van der Waals surface area contributed by atoms with Gasteiger partial charge in [0.25, 0.3) is 0 Å². The van der Waals surface area contributed by atoms with Crippen LogP contribution in [0.25, 0.3) is 0 Å². The number of carbonyl (C=O) groups excluding carboxylic acids is 1. The van der Waals surface area contributed by atoms with Gasteiger partial charge in [-0.2, -0.15) is 0 Å². The van der Waals surface area contributed by atoms with E-state index in [-0.39, 0.29) is 11.6 Å². The summed E-state index contributed by atoms with van der Waals surface area (Å²) in [6.07, 6.45) is 9.24. The summed E-state index contributed by atoms with van der Waals surface area (Å²) >= 11 is 0. The molecule has 0 atom stereocenters. The molecule has 2 saturated carbocycles. The van der Waals surface area contributed by atoms with Crippen molar-refractivity contribution in [2.45, 2.75) is 76.8 Å². The maximum Gasteiger partial charge on any atom is 0.318 e.